The van der Waals surface area contributed by atoms with Gasteiger partial charge in [0.25, 0.3) is 5.91 Å². The summed E-state index contributed by atoms with van der Waals surface area (Å²) < 4.78 is 6.47. The number of rotatable bonds is 6. The number of amides is 3. The van der Waals surface area contributed by atoms with Crippen LogP contribution in [0, 0.1) is 6.92 Å². The van der Waals surface area contributed by atoms with Crippen molar-refractivity contribution in [3.63, 3.8) is 0 Å². The van der Waals surface area contributed by atoms with Crippen LogP contribution in [0.15, 0.2) is 41.0 Å². The second-order valence-electron chi connectivity index (χ2n) is 9.35. The van der Waals surface area contributed by atoms with Crippen LogP contribution in [0.3, 0.4) is 0 Å². The molecule has 0 spiro atoms. The largest absolute Gasteiger partial charge is 0.469 e. The quantitative estimate of drug-likeness (QED) is 0.448. The average molecular weight is 508 g/mol. The first kappa shape index (κ1) is 24.7. The van der Waals surface area contributed by atoms with E-state index in [1.54, 1.807) is 13.0 Å². The van der Waals surface area contributed by atoms with Gasteiger partial charge in [0.2, 0.25) is 11.9 Å². The summed E-state index contributed by atoms with van der Waals surface area (Å²) in [4.78, 5) is 46.1. The monoisotopic (exact) mass is 507 g/mol. The summed E-state index contributed by atoms with van der Waals surface area (Å²) >= 11 is 0. The van der Waals surface area contributed by atoms with Gasteiger partial charge in [-0.1, -0.05) is 24.3 Å². The van der Waals surface area contributed by atoms with Crippen LogP contribution in [0.1, 0.15) is 51.8 Å². The van der Waals surface area contributed by atoms with Crippen LogP contribution in [0.2, 0.25) is 0 Å². The van der Waals surface area contributed by atoms with E-state index in [-0.39, 0.29) is 31.4 Å². The van der Waals surface area contributed by atoms with Gasteiger partial charge in [0.1, 0.15) is 5.76 Å². The van der Waals surface area contributed by atoms with E-state index in [0.717, 1.165) is 11.1 Å². The van der Waals surface area contributed by atoms with Gasteiger partial charge in [-0.2, -0.15) is 9.67 Å². The summed E-state index contributed by atoms with van der Waals surface area (Å²) in [6.07, 6.45) is 1.39. The van der Waals surface area contributed by atoms with E-state index in [9.17, 15) is 19.5 Å². The third-order valence-electron chi connectivity index (χ3n) is 6.77. The molecule has 1 aromatic carbocycles. The van der Waals surface area contributed by atoms with E-state index in [4.69, 9.17) is 10.2 Å². The van der Waals surface area contributed by atoms with Crippen molar-refractivity contribution < 1.29 is 23.9 Å². The lowest BCUT2D eigenvalue weighted by molar-refractivity contribution is -0.125. The fourth-order valence-corrected chi connectivity index (χ4v) is 4.60. The molecule has 0 aliphatic carbocycles. The number of furan rings is 1. The molecule has 2 unspecified atom stereocenters. The van der Waals surface area contributed by atoms with Gasteiger partial charge in [-0.25, -0.2) is 4.79 Å². The molecule has 4 N–H and O–H groups in total. The van der Waals surface area contributed by atoms with Crippen LogP contribution in [0.5, 0.6) is 0 Å². The van der Waals surface area contributed by atoms with E-state index >= 15 is 0 Å². The van der Waals surface area contributed by atoms with Crippen molar-refractivity contribution in [1.82, 2.24) is 24.6 Å². The van der Waals surface area contributed by atoms with Gasteiger partial charge in [-0.05, 0) is 30.5 Å². The van der Waals surface area contributed by atoms with E-state index in [1.165, 1.54) is 20.7 Å². The molecule has 2 saturated heterocycles. The predicted molar refractivity (Wildman–Crippen MR) is 132 cm³/mol. The van der Waals surface area contributed by atoms with E-state index in [0.29, 0.717) is 43.2 Å². The van der Waals surface area contributed by atoms with Crippen molar-refractivity contribution in [3.8, 4) is 0 Å². The summed E-state index contributed by atoms with van der Waals surface area (Å²) in [5.74, 6) is -0.253. The number of aryl methyl sites for hydroxylation is 1. The second-order valence-corrected chi connectivity index (χ2v) is 9.35. The van der Waals surface area contributed by atoms with Crippen LogP contribution in [0.25, 0.3) is 0 Å². The number of nitrogens with two attached hydrogens (primary N) is 1. The number of β-amino-alcohol motifs (C(OH)–C–C–N with tert-alkyl or cyclic N) is 1. The highest BCUT2D eigenvalue weighted by Gasteiger charge is 2.40. The molecule has 3 aromatic rings. The van der Waals surface area contributed by atoms with Crippen LogP contribution >= 0.6 is 0 Å². The number of aliphatic hydroxyl groups excluding tert-OH is 1. The van der Waals surface area contributed by atoms with E-state index in [2.05, 4.69) is 15.4 Å². The van der Waals surface area contributed by atoms with Gasteiger partial charge in [0, 0.05) is 45.1 Å². The number of urea groups is 1. The number of carbonyl (C=O) groups is 3. The molecule has 0 saturated carbocycles. The molecule has 194 valence electrons. The molecule has 2 aromatic heterocycles. The zero-order valence-corrected chi connectivity index (χ0v) is 20.5. The summed E-state index contributed by atoms with van der Waals surface area (Å²) in [6.45, 7) is 3.23. The minimum absolute atomic E-state index is 0.0467. The zero-order valence-electron chi connectivity index (χ0n) is 20.5. The Morgan fingerprint density at radius 2 is 1.95 bits per heavy atom. The number of carbonyl (C=O) groups excluding carboxylic acids is 3. The first-order chi connectivity index (χ1) is 17.8. The minimum Gasteiger partial charge on any atom is -0.469 e. The Bertz CT molecular complexity index is 1320. The van der Waals surface area contributed by atoms with Gasteiger partial charge in [0.05, 0.1) is 17.9 Å². The van der Waals surface area contributed by atoms with Gasteiger partial charge >= 0.3 is 6.03 Å². The molecular formula is C25H29N7O5. The lowest BCUT2D eigenvalue weighted by Crippen LogP contribution is -2.43. The summed E-state index contributed by atoms with van der Waals surface area (Å²) in [5.41, 5.74) is 7.99. The average Bonchev–Trinajstić information content (AvgIpc) is 3.69. The Kier molecular flexibility index (Phi) is 6.76. The van der Waals surface area contributed by atoms with Crippen molar-refractivity contribution in [1.29, 1.82) is 0 Å². The number of likely N-dealkylation sites (tertiary alicyclic amines) is 2. The van der Waals surface area contributed by atoms with Crippen molar-refractivity contribution in [3.05, 3.63) is 64.9 Å². The van der Waals surface area contributed by atoms with Crippen molar-refractivity contribution in [2.24, 2.45) is 5.73 Å². The topological polar surface area (TPSA) is 160 Å². The van der Waals surface area contributed by atoms with Gasteiger partial charge in [-0.3, -0.25) is 14.5 Å². The fourth-order valence-electron chi connectivity index (χ4n) is 4.60. The molecule has 0 radical (unpaired) electrons. The van der Waals surface area contributed by atoms with Gasteiger partial charge in [-0.15, -0.1) is 5.10 Å². The highest BCUT2D eigenvalue weighted by Crippen LogP contribution is 2.29. The number of nitrogens with zero attached hydrogens (tertiary/aromatic N) is 5. The number of hydrogen-bond donors (Lipinski definition) is 3. The molecule has 3 amide bonds. The first-order valence-electron chi connectivity index (χ1n) is 12.2. The Morgan fingerprint density at radius 1 is 1.19 bits per heavy atom. The van der Waals surface area contributed by atoms with Crippen LogP contribution in [-0.2, 0) is 17.9 Å². The maximum absolute atomic E-state index is 13.3. The molecule has 12 heteroatoms. The number of aliphatic hydroxyl groups is 1. The van der Waals surface area contributed by atoms with Crippen LogP contribution in [-0.4, -0.2) is 73.3 Å². The molecule has 5 rings (SSSR count). The highest BCUT2D eigenvalue weighted by atomic mass is 16.3. The lowest BCUT2D eigenvalue weighted by atomic mass is 10.1. The highest BCUT2D eigenvalue weighted by molar-refractivity contribution is 5.98. The standard InChI is InChI=1S/C25H29N7O5/c1-15-20(7-9-37-15)23(35)32-24(27-12-17-4-2-16(11-26)3-5-17)28-22(29-32)18-10-21(34)31(13-18)25(36)30-8-6-19(33)14-30/h2-5,7,9,18-19,33H,6,8,10-14,26H2,1H3,(H,27,28,29). The molecule has 12 nitrogen and oxygen atoms in total. The molecule has 2 aliphatic rings. The molecule has 4 heterocycles. The Hall–Kier alpha value is -4.03. The molecule has 2 atom stereocenters. The van der Waals surface area contributed by atoms with Gasteiger partial charge < -0.3 is 25.5 Å². The number of benzene rings is 1. The minimum atomic E-state index is -0.577. The van der Waals surface area contributed by atoms with Crippen molar-refractivity contribution >= 4 is 23.8 Å². The smallest absolute Gasteiger partial charge is 0.326 e. The number of imide groups is 1. The third kappa shape index (κ3) is 4.98. The van der Waals surface area contributed by atoms with Crippen molar-refractivity contribution in [2.45, 2.75) is 44.9 Å². The maximum atomic E-state index is 13.3. The van der Waals surface area contributed by atoms with Gasteiger partial charge in [0.15, 0.2) is 5.82 Å². The molecule has 0 bridgehead atoms. The number of aromatic nitrogens is 3. The fraction of sp³-hybridized carbons (Fsp3) is 0.400. The molecule has 37 heavy (non-hydrogen) atoms. The maximum Gasteiger partial charge on any atom is 0.326 e. The van der Waals surface area contributed by atoms with Crippen LogP contribution < -0.4 is 11.1 Å². The number of hydrogen-bond acceptors (Lipinski definition) is 9. The SMILES string of the molecule is Cc1occc1C(=O)n1nc(C2CC(=O)N(C(=O)N3CCC(O)C3)C2)nc1NCc1ccc(CN)cc1. The molecular weight excluding hydrogens is 478 g/mol. The summed E-state index contributed by atoms with van der Waals surface area (Å²) in [7, 11) is 0. The Morgan fingerprint density at radius 3 is 2.59 bits per heavy atom. The lowest BCUT2D eigenvalue weighted by Gasteiger charge is -2.22. The van der Waals surface area contributed by atoms with E-state index < -0.39 is 24.0 Å². The number of anilines is 1. The molecule has 2 fully saturated rings. The zero-order chi connectivity index (χ0) is 26.1. The van der Waals surface area contributed by atoms with E-state index in [1.807, 2.05) is 24.3 Å². The Balaban J connectivity index is 1.38. The third-order valence-corrected chi connectivity index (χ3v) is 6.77. The van der Waals surface area contributed by atoms with Crippen LogP contribution in [0.4, 0.5) is 10.7 Å². The Labute approximate surface area is 213 Å². The summed E-state index contributed by atoms with van der Waals surface area (Å²) in [6, 6.07) is 8.89. The molecule has 2 aliphatic heterocycles. The second kappa shape index (κ2) is 10.1. The van der Waals surface area contributed by atoms with Crippen molar-refractivity contribution in [2.75, 3.05) is 25.0 Å². The number of nitrogens with one attached hydrogen (secondary N) is 1. The first-order valence-corrected chi connectivity index (χ1v) is 12.2. The summed E-state index contributed by atoms with van der Waals surface area (Å²) in [5, 5.41) is 17.4. The predicted octanol–water partition coefficient (Wildman–Crippen LogP) is 1.44. The normalized spacial score (nSPS) is 19.6.